The molecule has 0 unspecified atom stereocenters. The van der Waals surface area contributed by atoms with E-state index >= 15 is 0 Å². The number of nitrogens with zero attached hydrogens (tertiary/aromatic N) is 2. The molecule has 0 radical (unpaired) electrons. The molecule has 0 amide bonds. The smallest absolute Gasteiger partial charge is 0.226 e. The molecule has 0 atom stereocenters. The lowest BCUT2D eigenvalue weighted by atomic mass is 10.1. The predicted octanol–water partition coefficient (Wildman–Crippen LogP) is 2.10. The highest BCUT2D eigenvalue weighted by atomic mass is 35.5. The van der Waals surface area contributed by atoms with Crippen molar-refractivity contribution in [1.29, 1.82) is 0 Å². The van der Waals surface area contributed by atoms with Crippen LogP contribution in [0.5, 0.6) is 0 Å². The number of rotatable bonds is 6. The molecule has 20 heavy (non-hydrogen) atoms. The Labute approximate surface area is 122 Å². The average molecular weight is 315 g/mol. The Bertz CT molecular complexity index is 682. The number of aromatic nitrogens is 2. The van der Waals surface area contributed by atoms with Crippen LogP contribution in [-0.4, -0.2) is 30.6 Å². The van der Waals surface area contributed by atoms with Gasteiger partial charge >= 0.3 is 0 Å². The third-order valence-corrected chi connectivity index (χ3v) is 4.09. The summed E-state index contributed by atoms with van der Waals surface area (Å²) in [5.74, 6) is 0.939. The topological polar surface area (TPSA) is 73.1 Å². The van der Waals surface area contributed by atoms with Crippen molar-refractivity contribution in [2.45, 2.75) is 19.3 Å². The number of aryl methyl sites for hydroxylation is 3. The van der Waals surface area contributed by atoms with Crippen molar-refractivity contribution in [2.75, 3.05) is 12.0 Å². The van der Waals surface area contributed by atoms with Gasteiger partial charge in [-0.2, -0.15) is 4.98 Å². The highest BCUT2D eigenvalue weighted by Gasteiger charge is 2.10. The summed E-state index contributed by atoms with van der Waals surface area (Å²) >= 11 is 6.06. The summed E-state index contributed by atoms with van der Waals surface area (Å²) in [6.07, 6.45) is 2.74. The second kappa shape index (κ2) is 6.37. The summed E-state index contributed by atoms with van der Waals surface area (Å²) in [5, 5.41) is 4.48. The van der Waals surface area contributed by atoms with Gasteiger partial charge in [0.1, 0.15) is 9.84 Å². The molecule has 0 aliphatic carbocycles. The van der Waals surface area contributed by atoms with Gasteiger partial charge in [0.15, 0.2) is 5.82 Å². The summed E-state index contributed by atoms with van der Waals surface area (Å²) < 4.78 is 27.2. The number of benzene rings is 1. The highest BCUT2D eigenvalue weighted by Crippen LogP contribution is 2.16. The fraction of sp³-hybridized carbons (Fsp3) is 0.385. The van der Waals surface area contributed by atoms with E-state index in [1.165, 1.54) is 6.26 Å². The molecular weight excluding hydrogens is 300 g/mol. The van der Waals surface area contributed by atoms with Crippen LogP contribution >= 0.6 is 11.6 Å². The second-order valence-electron chi connectivity index (χ2n) is 4.58. The van der Waals surface area contributed by atoms with Crippen LogP contribution in [0.2, 0.25) is 5.02 Å². The van der Waals surface area contributed by atoms with Crippen LogP contribution in [0.4, 0.5) is 0 Å². The third kappa shape index (κ3) is 4.61. The van der Waals surface area contributed by atoms with Gasteiger partial charge in [-0.05, 0) is 18.1 Å². The lowest BCUT2D eigenvalue weighted by molar-refractivity contribution is 0.373. The van der Waals surface area contributed by atoms with Gasteiger partial charge in [-0.1, -0.05) is 35.0 Å². The highest BCUT2D eigenvalue weighted by molar-refractivity contribution is 7.90. The van der Waals surface area contributed by atoms with Crippen LogP contribution in [-0.2, 0) is 29.1 Å². The molecule has 1 heterocycles. The first-order chi connectivity index (χ1) is 9.44. The number of hydrogen-bond acceptors (Lipinski definition) is 5. The van der Waals surface area contributed by atoms with Gasteiger partial charge in [0.25, 0.3) is 0 Å². The Hall–Kier alpha value is -1.40. The molecule has 0 saturated heterocycles. The summed E-state index contributed by atoms with van der Waals surface area (Å²) in [4.78, 5) is 4.17. The fourth-order valence-corrected chi connectivity index (χ4v) is 2.50. The monoisotopic (exact) mass is 314 g/mol. The van der Waals surface area contributed by atoms with Crippen molar-refractivity contribution < 1.29 is 12.9 Å². The van der Waals surface area contributed by atoms with E-state index in [4.69, 9.17) is 16.1 Å². The molecule has 1 aromatic carbocycles. The van der Waals surface area contributed by atoms with E-state index in [1.54, 1.807) is 0 Å². The molecule has 2 rings (SSSR count). The van der Waals surface area contributed by atoms with E-state index in [0.29, 0.717) is 29.6 Å². The molecule has 0 aliphatic heterocycles. The molecule has 2 aromatic rings. The zero-order valence-electron chi connectivity index (χ0n) is 11.0. The summed E-state index contributed by atoms with van der Waals surface area (Å²) in [6, 6.07) is 7.58. The van der Waals surface area contributed by atoms with Crippen LogP contribution in [0.3, 0.4) is 0 Å². The molecule has 0 bridgehead atoms. The maximum atomic E-state index is 11.1. The van der Waals surface area contributed by atoms with E-state index in [1.807, 2.05) is 24.3 Å². The summed E-state index contributed by atoms with van der Waals surface area (Å²) in [6.45, 7) is 0. The van der Waals surface area contributed by atoms with Crippen LogP contribution in [0.15, 0.2) is 28.8 Å². The van der Waals surface area contributed by atoms with Gasteiger partial charge in [-0.25, -0.2) is 8.42 Å². The molecular formula is C13H15ClN2O3S. The lowest BCUT2D eigenvalue weighted by Crippen LogP contribution is -2.06. The van der Waals surface area contributed by atoms with Gasteiger partial charge in [0.05, 0.1) is 5.75 Å². The standard InChI is InChI=1S/C13H15ClN2O3S/c1-20(17,18)9-8-12-15-13(19-16-12)7-6-10-4-2-3-5-11(10)14/h2-5H,6-9H2,1H3. The molecule has 0 N–H and O–H groups in total. The number of sulfone groups is 1. The van der Waals surface area contributed by atoms with Crippen molar-refractivity contribution in [2.24, 2.45) is 0 Å². The lowest BCUT2D eigenvalue weighted by Gasteiger charge is -2.00. The van der Waals surface area contributed by atoms with Crippen LogP contribution < -0.4 is 0 Å². The van der Waals surface area contributed by atoms with Crippen molar-refractivity contribution in [3.63, 3.8) is 0 Å². The van der Waals surface area contributed by atoms with Crippen LogP contribution in [0.25, 0.3) is 0 Å². The Morgan fingerprint density at radius 2 is 1.95 bits per heavy atom. The van der Waals surface area contributed by atoms with Gasteiger partial charge in [0, 0.05) is 24.1 Å². The second-order valence-corrected chi connectivity index (χ2v) is 7.24. The SMILES string of the molecule is CS(=O)(=O)CCc1noc(CCc2ccccc2Cl)n1. The summed E-state index contributed by atoms with van der Waals surface area (Å²) in [7, 11) is -3.01. The molecule has 0 fully saturated rings. The van der Waals surface area contributed by atoms with Crippen LogP contribution in [0, 0.1) is 0 Å². The zero-order valence-corrected chi connectivity index (χ0v) is 12.6. The molecule has 0 aliphatic rings. The molecule has 7 heteroatoms. The maximum absolute atomic E-state index is 11.1. The van der Waals surface area contributed by atoms with Crippen molar-refractivity contribution >= 4 is 21.4 Å². The third-order valence-electron chi connectivity index (χ3n) is 2.77. The molecule has 0 spiro atoms. The number of halogens is 1. The average Bonchev–Trinajstić information content (AvgIpc) is 2.83. The zero-order chi connectivity index (χ0) is 14.6. The van der Waals surface area contributed by atoms with E-state index in [0.717, 1.165) is 5.56 Å². The first kappa shape index (κ1) is 15.0. The van der Waals surface area contributed by atoms with E-state index in [-0.39, 0.29) is 12.2 Å². The number of hydrogen-bond donors (Lipinski definition) is 0. The molecule has 5 nitrogen and oxygen atoms in total. The fourth-order valence-electron chi connectivity index (χ4n) is 1.71. The van der Waals surface area contributed by atoms with Gasteiger partial charge in [0.2, 0.25) is 5.89 Å². The van der Waals surface area contributed by atoms with Gasteiger partial charge in [-0.3, -0.25) is 0 Å². The van der Waals surface area contributed by atoms with E-state index in [2.05, 4.69) is 10.1 Å². The molecule has 1 aromatic heterocycles. The largest absolute Gasteiger partial charge is 0.339 e. The predicted molar refractivity (Wildman–Crippen MR) is 76.6 cm³/mol. The van der Waals surface area contributed by atoms with Gasteiger partial charge in [-0.15, -0.1) is 0 Å². The molecule has 0 saturated carbocycles. The quantitative estimate of drug-likeness (QED) is 0.816. The Balaban J connectivity index is 1.92. The van der Waals surface area contributed by atoms with Gasteiger partial charge < -0.3 is 4.52 Å². The Morgan fingerprint density at radius 1 is 1.20 bits per heavy atom. The first-order valence-corrected chi connectivity index (χ1v) is 8.60. The molecule has 108 valence electrons. The van der Waals surface area contributed by atoms with Crippen molar-refractivity contribution in [3.05, 3.63) is 46.6 Å². The van der Waals surface area contributed by atoms with E-state index in [9.17, 15) is 8.42 Å². The maximum Gasteiger partial charge on any atom is 0.226 e. The minimum Gasteiger partial charge on any atom is -0.339 e. The normalized spacial score (nSPS) is 11.7. The minimum absolute atomic E-state index is 0.0243. The minimum atomic E-state index is -3.01. The van der Waals surface area contributed by atoms with Crippen molar-refractivity contribution in [3.8, 4) is 0 Å². The summed E-state index contributed by atoms with van der Waals surface area (Å²) in [5.41, 5.74) is 1.02. The Morgan fingerprint density at radius 3 is 2.65 bits per heavy atom. The van der Waals surface area contributed by atoms with Crippen molar-refractivity contribution in [1.82, 2.24) is 10.1 Å². The Kier molecular flexibility index (Phi) is 4.77. The van der Waals surface area contributed by atoms with E-state index < -0.39 is 9.84 Å². The first-order valence-electron chi connectivity index (χ1n) is 6.16. The van der Waals surface area contributed by atoms with Crippen LogP contribution in [0.1, 0.15) is 17.3 Å².